The maximum atomic E-state index is 13.5. The summed E-state index contributed by atoms with van der Waals surface area (Å²) in [4.78, 5) is 29.2. The monoisotopic (exact) mass is 549 g/mol. The van der Waals surface area contributed by atoms with Crippen molar-refractivity contribution >= 4 is 40.5 Å². The lowest BCUT2D eigenvalue weighted by molar-refractivity contribution is -0.137. The second kappa shape index (κ2) is 13.6. The molecule has 1 fully saturated rings. The van der Waals surface area contributed by atoms with Crippen molar-refractivity contribution < 1.29 is 27.5 Å². The predicted octanol–water partition coefficient (Wildman–Crippen LogP) is 6.80. The number of carbonyl (C=O) groups is 2. The molecule has 38 heavy (non-hydrogen) atoms. The van der Waals surface area contributed by atoms with Gasteiger partial charge in [0.25, 0.3) is 5.91 Å². The molecule has 1 aliphatic rings. The molecule has 1 aliphatic heterocycles. The molecule has 206 valence electrons. The minimum absolute atomic E-state index is 0.0383. The van der Waals surface area contributed by atoms with Gasteiger partial charge in [-0.3, -0.25) is 14.5 Å². The van der Waals surface area contributed by atoms with E-state index in [1.54, 1.807) is 29.2 Å². The van der Waals surface area contributed by atoms with Crippen molar-refractivity contribution in [1.82, 2.24) is 4.90 Å². The molecule has 0 saturated carbocycles. The number of ether oxygens (including phenoxy) is 1. The first-order chi connectivity index (χ1) is 18.2. The van der Waals surface area contributed by atoms with E-state index in [0.717, 1.165) is 55.6 Å². The zero-order chi connectivity index (χ0) is 27.7. The SMILES string of the molecule is CCCCCCCN1C(=S)N(c2cccc(C(F)(F)F)c2)C(=O)[C@@H]1CC(=O)Nc1ccc(OCCC)cc1. The van der Waals surface area contributed by atoms with Gasteiger partial charge >= 0.3 is 6.18 Å². The van der Waals surface area contributed by atoms with E-state index in [-0.39, 0.29) is 17.2 Å². The van der Waals surface area contributed by atoms with Gasteiger partial charge in [-0.1, -0.05) is 45.6 Å². The molecule has 0 unspecified atom stereocenters. The molecule has 3 rings (SSSR count). The third-order valence-electron chi connectivity index (χ3n) is 6.24. The summed E-state index contributed by atoms with van der Waals surface area (Å²) in [6.07, 6.45) is 1.02. The van der Waals surface area contributed by atoms with E-state index in [9.17, 15) is 22.8 Å². The summed E-state index contributed by atoms with van der Waals surface area (Å²) in [6.45, 7) is 5.14. The Morgan fingerprint density at radius 3 is 2.39 bits per heavy atom. The molecule has 2 aromatic rings. The van der Waals surface area contributed by atoms with E-state index in [1.165, 1.54) is 12.1 Å². The molecule has 0 radical (unpaired) electrons. The number of alkyl halides is 3. The van der Waals surface area contributed by atoms with Crippen molar-refractivity contribution in [3.05, 3.63) is 54.1 Å². The Morgan fingerprint density at radius 2 is 1.74 bits per heavy atom. The zero-order valence-corrected chi connectivity index (χ0v) is 22.5. The van der Waals surface area contributed by atoms with Gasteiger partial charge in [0.2, 0.25) is 5.91 Å². The molecular formula is C28H34F3N3O3S. The molecular weight excluding hydrogens is 515 g/mol. The fourth-order valence-corrected chi connectivity index (χ4v) is 4.69. The maximum Gasteiger partial charge on any atom is 0.416 e. The number of hydrogen-bond acceptors (Lipinski definition) is 4. The second-order valence-electron chi connectivity index (χ2n) is 9.25. The molecule has 0 aliphatic carbocycles. The highest BCUT2D eigenvalue weighted by molar-refractivity contribution is 7.80. The zero-order valence-electron chi connectivity index (χ0n) is 21.7. The quantitative estimate of drug-likeness (QED) is 0.220. The fourth-order valence-electron chi connectivity index (χ4n) is 4.27. The largest absolute Gasteiger partial charge is 0.494 e. The lowest BCUT2D eigenvalue weighted by Crippen LogP contribution is -2.38. The van der Waals surface area contributed by atoms with Crippen molar-refractivity contribution in [2.75, 3.05) is 23.4 Å². The van der Waals surface area contributed by atoms with Crippen molar-refractivity contribution in [2.45, 2.75) is 71.0 Å². The molecule has 2 aromatic carbocycles. The third-order valence-corrected chi connectivity index (χ3v) is 6.66. The van der Waals surface area contributed by atoms with E-state index in [1.807, 2.05) is 6.92 Å². The summed E-state index contributed by atoms with van der Waals surface area (Å²) in [7, 11) is 0. The lowest BCUT2D eigenvalue weighted by atomic mass is 10.1. The van der Waals surface area contributed by atoms with Crippen LogP contribution >= 0.6 is 12.2 Å². The topological polar surface area (TPSA) is 61.9 Å². The number of anilines is 2. The van der Waals surface area contributed by atoms with E-state index < -0.39 is 29.6 Å². The predicted molar refractivity (Wildman–Crippen MR) is 146 cm³/mol. The summed E-state index contributed by atoms with van der Waals surface area (Å²) >= 11 is 5.57. The smallest absolute Gasteiger partial charge is 0.416 e. The molecule has 0 aromatic heterocycles. The molecule has 1 heterocycles. The van der Waals surface area contributed by atoms with Crippen LogP contribution in [0.4, 0.5) is 24.5 Å². The Balaban J connectivity index is 1.76. The summed E-state index contributed by atoms with van der Waals surface area (Å²) in [6, 6.07) is 10.5. The van der Waals surface area contributed by atoms with Gasteiger partial charge in [0.15, 0.2) is 5.11 Å². The molecule has 0 spiro atoms. The van der Waals surface area contributed by atoms with Gasteiger partial charge in [-0.05, 0) is 67.5 Å². The van der Waals surface area contributed by atoms with Gasteiger partial charge in [-0.2, -0.15) is 13.2 Å². The molecule has 2 amide bonds. The van der Waals surface area contributed by atoms with Crippen LogP contribution in [0, 0.1) is 0 Å². The van der Waals surface area contributed by atoms with Gasteiger partial charge in [0.05, 0.1) is 24.3 Å². The minimum atomic E-state index is -4.56. The average molecular weight is 550 g/mol. The number of hydrogen-bond donors (Lipinski definition) is 1. The molecule has 6 nitrogen and oxygen atoms in total. The third kappa shape index (κ3) is 7.69. The Bertz CT molecular complexity index is 1110. The number of carbonyl (C=O) groups excluding carboxylic acids is 2. The summed E-state index contributed by atoms with van der Waals surface area (Å²) < 4.78 is 45.5. The van der Waals surface area contributed by atoms with Crippen LogP contribution in [0.2, 0.25) is 0 Å². The molecule has 1 atom stereocenters. The number of benzene rings is 2. The van der Waals surface area contributed by atoms with Crippen LogP contribution in [0.25, 0.3) is 0 Å². The Morgan fingerprint density at radius 1 is 1.03 bits per heavy atom. The van der Waals surface area contributed by atoms with E-state index in [4.69, 9.17) is 17.0 Å². The van der Waals surface area contributed by atoms with Crippen molar-refractivity contribution in [3.63, 3.8) is 0 Å². The first-order valence-corrected chi connectivity index (χ1v) is 13.4. The highest BCUT2D eigenvalue weighted by Crippen LogP contribution is 2.34. The maximum absolute atomic E-state index is 13.5. The molecule has 1 N–H and O–H groups in total. The van der Waals surface area contributed by atoms with Gasteiger partial charge in [-0.15, -0.1) is 0 Å². The van der Waals surface area contributed by atoms with Gasteiger partial charge in [-0.25, -0.2) is 0 Å². The Kier molecular flexibility index (Phi) is 10.5. The standard InChI is InChI=1S/C28H34F3N3O3S/c1-3-5-6-7-8-16-33-24(19-25(35)32-21-12-14-23(15-13-21)37-17-4-2)26(36)34(27(33)38)22-11-9-10-20(18-22)28(29,30)31/h9-15,18,24H,3-8,16-17,19H2,1-2H3,(H,32,35)/t24-/m0/s1. The lowest BCUT2D eigenvalue weighted by Gasteiger charge is -2.24. The summed E-state index contributed by atoms with van der Waals surface area (Å²) in [5, 5.41) is 2.90. The average Bonchev–Trinajstić information content (AvgIpc) is 3.11. The van der Waals surface area contributed by atoms with E-state index >= 15 is 0 Å². The van der Waals surface area contributed by atoms with Crippen LogP contribution < -0.4 is 15.0 Å². The van der Waals surface area contributed by atoms with Crippen LogP contribution in [0.5, 0.6) is 5.75 Å². The molecule has 0 bridgehead atoms. The number of rotatable bonds is 13. The van der Waals surface area contributed by atoms with Crippen LogP contribution in [0.3, 0.4) is 0 Å². The Hall–Kier alpha value is -3.14. The number of nitrogens with zero attached hydrogens (tertiary/aromatic N) is 2. The molecule has 1 saturated heterocycles. The van der Waals surface area contributed by atoms with Crippen molar-refractivity contribution in [2.24, 2.45) is 0 Å². The fraction of sp³-hybridized carbons (Fsp3) is 0.464. The van der Waals surface area contributed by atoms with E-state index in [0.29, 0.717) is 24.6 Å². The summed E-state index contributed by atoms with van der Waals surface area (Å²) in [5.74, 6) is -0.219. The van der Waals surface area contributed by atoms with Gasteiger partial charge in [0.1, 0.15) is 11.8 Å². The number of unbranched alkanes of at least 4 members (excludes halogenated alkanes) is 4. The number of thiocarbonyl (C=S) groups is 1. The van der Waals surface area contributed by atoms with E-state index in [2.05, 4.69) is 12.2 Å². The number of nitrogens with one attached hydrogen (secondary N) is 1. The first-order valence-electron chi connectivity index (χ1n) is 13.0. The van der Waals surface area contributed by atoms with Crippen LogP contribution in [-0.4, -0.2) is 41.0 Å². The first kappa shape index (κ1) is 29.4. The second-order valence-corrected chi connectivity index (χ2v) is 9.62. The molecule has 10 heteroatoms. The normalized spacial score (nSPS) is 15.8. The Labute approximate surface area is 227 Å². The summed E-state index contributed by atoms with van der Waals surface area (Å²) in [5.41, 5.74) is -0.284. The van der Waals surface area contributed by atoms with Gasteiger partial charge < -0.3 is 15.0 Å². The van der Waals surface area contributed by atoms with Crippen LogP contribution in [0.15, 0.2) is 48.5 Å². The minimum Gasteiger partial charge on any atom is -0.494 e. The number of halogens is 3. The van der Waals surface area contributed by atoms with Crippen LogP contribution in [-0.2, 0) is 15.8 Å². The number of amides is 2. The van der Waals surface area contributed by atoms with Gasteiger partial charge in [0, 0.05) is 12.2 Å². The van der Waals surface area contributed by atoms with Crippen LogP contribution in [0.1, 0.15) is 64.4 Å². The highest BCUT2D eigenvalue weighted by atomic mass is 32.1. The van der Waals surface area contributed by atoms with Crippen molar-refractivity contribution in [1.29, 1.82) is 0 Å². The highest BCUT2D eigenvalue weighted by Gasteiger charge is 2.44. The van der Waals surface area contributed by atoms with Crippen molar-refractivity contribution in [3.8, 4) is 5.75 Å².